The van der Waals surface area contributed by atoms with Gasteiger partial charge in [-0.25, -0.2) is 8.42 Å². The number of carbonyl (C=O) groups excluding carboxylic acids is 1. The lowest BCUT2D eigenvalue weighted by molar-refractivity contribution is -0.122. The van der Waals surface area contributed by atoms with Gasteiger partial charge in [0.2, 0.25) is 15.9 Å². The van der Waals surface area contributed by atoms with E-state index in [2.05, 4.69) is 10.0 Å². The van der Waals surface area contributed by atoms with E-state index >= 15 is 0 Å². The van der Waals surface area contributed by atoms with Gasteiger partial charge in [0.05, 0.1) is 11.1 Å². The van der Waals surface area contributed by atoms with Crippen LogP contribution in [0.4, 0.5) is 0 Å². The second kappa shape index (κ2) is 7.17. The molecule has 116 valence electrons. The van der Waals surface area contributed by atoms with E-state index in [4.69, 9.17) is 29.6 Å². The standard InChI is InChI=1S/C12H16ClN3O3S2/c1-3-15-12(17)7(2)16-21(18,19)10-6-8(11(14)20)4-5-9(10)13/h4-7,16H,3H2,1-2H3,(H2,14,20)(H,15,17). The third-order valence-corrected chi connectivity index (χ3v) is 4.84. The number of thiocarbonyl (C=S) groups is 1. The van der Waals surface area contributed by atoms with Crippen molar-refractivity contribution in [2.75, 3.05) is 6.54 Å². The highest BCUT2D eigenvalue weighted by atomic mass is 35.5. The Kier molecular flexibility index (Phi) is 6.09. The van der Waals surface area contributed by atoms with E-state index in [1.165, 1.54) is 25.1 Å². The number of halogens is 1. The van der Waals surface area contributed by atoms with Crippen LogP contribution in [0.1, 0.15) is 19.4 Å². The van der Waals surface area contributed by atoms with Crippen LogP contribution in [0.5, 0.6) is 0 Å². The van der Waals surface area contributed by atoms with Crippen LogP contribution in [-0.2, 0) is 14.8 Å². The highest BCUT2D eigenvalue weighted by molar-refractivity contribution is 7.89. The molecule has 0 heterocycles. The summed E-state index contributed by atoms with van der Waals surface area (Å²) in [6, 6.07) is 3.26. The Morgan fingerprint density at radius 1 is 1.48 bits per heavy atom. The first-order valence-electron chi connectivity index (χ1n) is 6.08. The van der Waals surface area contributed by atoms with Crippen LogP contribution in [0.3, 0.4) is 0 Å². The van der Waals surface area contributed by atoms with Crippen LogP contribution in [-0.4, -0.2) is 31.9 Å². The maximum Gasteiger partial charge on any atom is 0.242 e. The minimum atomic E-state index is -3.97. The van der Waals surface area contributed by atoms with Gasteiger partial charge < -0.3 is 11.1 Å². The molecule has 0 aliphatic rings. The van der Waals surface area contributed by atoms with E-state index in [-0.39, 0.29) is 14.9 Å². The van der Waals surface area contributed by atoms with Gasteiger partial charge in [-0.15, -0.1) is 0 Å². The smallest absolute Gasteiger partial charge is 0.242 e. The van der Waals surface area contributed by atoms with Crippen molar-refractivity contribution in [2.24, 2.45) is 5.73 Å². The summed E-state index contributed by atoms with van der Waals surface area (Å²) in [6.45, 7) is 3.58. The van der Waals surface area contributed by atoms with Gasteiger partial charge in [-0.1, -0.05) is 29.9 Å². The van der Waals surface area contributed by atoms with Gasteiger partial charge in [-0.2, -0.15) is 4.72 Å². The highest BCUT2D eigenvalue weighted by Gasteiger charge is 2.24. The molecule has 6 nitrogen and oxygen atoms in total. The van der Waals surface area contributed by atoms with E-state index in [0.717, 1.165) is 0 Å². The number of sulfonamides is 1. The van der Waals surface area contributed by atoms with E-state index in [9.17, 15) is 13.2 Å². The van der Waals surface area contributed by atoms with Crippen LogP contribution >= 0.6 is 23.8 Å². The number of hydrogen-bond acceptors (Lipinski definition) is 4. The minimum Gasteiger partial charge on any atom is -0.389 e. The Bertz CT molecular complexity index is 662. The van der Waals surface area contributed by atoms with Crippen molar-refractivity contribution in [3.8, 4) is 0 Å². The van der Waals surface area contributed by atoms with Crippen molar-refractivity contribution >= 4 is 44.7 Å². The van der Waals surface area contributed by atoms with E-state index < -0.39 is 22.0 Å². The van der Waals surface area contributed by atoms with Crippen LogP contribution in [0.25, 0.3) is 0 Å². The van der Waals surface area contributed by atoms with Crippen LogP contribution in [0, 0.1) is 0 Å². The van der Waals surface area contributed by atoms with E-state index in [1.54, 1.807) is 6.92 Å². The number of nitrogens with one attached hydrogen (secondary N) is 2. The van der Waals surface area contributed by atoms with Gasteiger partial charge >= 0.3 is 0 Å². The van der Waals surface area contributed by atoms with Crippen molar-refractivity contribution in [1.82, 2.24) is 10.0 Å². The lowest BCUT2D eigenvalue weighted by Crippen LogP contribution is -2.44. The molecule has 1 amide bonds. The van der Waals surface area contributed by atoms with Crippen LogP contribution in [0.2, 0.25) is 5.02 Å². The lowest BCUT2D eigenvalue weighted by Gasteiger charge is -2.15. The number of hydrogen-bond donors (Lipinski definition) is 3. The van der Waals surface area contributed by atoms with Gasteiger partial charge in [0.15, 0.2) is 0 Å². The molecule has 0 aromatic heterocycles. The van der Waals surface area contributed by atoms with Crippen molar-refractivity contribution in [1.29, 1.82) is 0 Å². The summed E-state index contributed by atoms with van der Waals surface area (Å²) >= 11 is 10.7. The molecular formula is C12H16ClN3O3S2. The van der Waals surface area contributed by atoms with Crippen molar-refractivity contribution < 1.29 is 13.2 Å². The zero-order chi connectivity index (χ0) is 16.2. The van der Waals surface area contributed by atoms with Gasteiger partial charge in [0, 0.05) is 12.1 Å². The van der Waals surface area contributed by atoms with E-state index in [0.29, 0.717) is 12.1 Å². The third-order valence-electron chi connectivity index (χ3n) is 2.58. The molecule has 1 aromatic rings. The number of likely N-dealkylation sites (N-methyl/N-ethyl adjacent to an activating group) is 1. The Morgan fingerprint density at radius 2 is 2.10 bits per heavy atom. The van der Waals surface area contributed by atoms with Crippen LogP contribution < -0.4 is 15.8 Å². The molecule has 1 unspecified atom stereocenters. The average molecular weight is 350 g/mol. The fourth-order valence-electron chi connectivity index (χ4n) is 1.54. The maximum absolute atomic E-state index is 12.3. The molecule has 0 radical (unpaired) electrons. The quantitative estimate of drug-likeness (QED) is 0.659. The molecule has 0 bridgehead atoms. The molecule has 0 saturated heterocycles. The Hall–Kier alpha value is -1.22. The number of carbonyl (C=O) groups is 1. The summed E-state index contributed by atoms with van der Waals surface area (Å²) in [5.74, 6) is -0.428. The zero-order valence-electron chi connectivity index (χ0n) is 11.5. The normalized spacial score (nSPS) is 12.7. The minimum absolute atomic E-state index is 0.0191. The first-order chi connectivity index (χ1) is 9.69. The average Bonchev–Trinajstić information content (AvgIpc) is 2.38. The maximum atomic E-state index is 12.3. The largest absolute Gasteiger partial charge is 0.389 e. The summed E-state index contributed by atoms with van der Waals surface area (Å²) < 4.78 is 26.8. The predicted octanol–water partition coefficient (Wildman–Crippen LogP) is 0.777. The molecule has 0 aliphatic heterocycles. The van der Waals surface area contributed by atoms with Gasteiger partial charge in [-0.3, -0.25) is 4.79 Å². The van der Waals surface area contributed by atoms with Crippen molar-refractivity contribution in [3.05, 3.63) is 28.8 Å². The number of rotatable bonds is 6. The zero-order valence-corrected chi connectivity index (χ0v) is 13.9. The van der Waals surface area contributed by atoms with Crippen LogP contribution in [0.15, 0.2) is 23.1 Å². The monoisotopic (exact) mass is 349 g/mol. The second-order valence-corrected chi connectivity index (χ2v) is 6.78. The van der Waals surface area contributed by atoms with Crippen molar-refractivity contribution in [3.63, 3.8) is 0 Å². The van der Waals surface area contributed by atoms with E-state index in [1.807, 2.05) is 0 Å². The SMILES string of the molecule is CCNC(=O)C(C)NS(=O)(=O)c1cc(C(N)=S)ccc1Cl. The second-order valence-electron chi connectivity index (χ2n) is 4.25. The molecule has 9 heteroatoms. The summed E-state index contributed by atoms with van der Waals surface area (Å²) in [4.78, 5) is 11.5. The molecule has 0 fully saturated rings. The van der Waals surface area contributed by atoms with Gasteiger partial charge in [-0.05, 0) is 26.0 Å². The topological polar surface area (TPSA) is 101 Å². The number of nitrogens with two attached hydrogens (primary N) is 1. The number of benzene rings is 1. The lowest BCUT2D eigenvalue weighted by atomic mass is 10.2. The Labute approximate surface area is 134 Å². The summed E-state index contributed by atoms with van der Waals surface area (Å²) in [5.41, 5.74) is 5.85. The molecule has 4 N–H and O–H groups in total. The first kappa shape index (κ1) is 17.8. The summed E-state index contributed by atoms with van der Waals surface area (Å²) in [7, 11) is -3.97. The molecule has 1 rings (SSSR count). The predicted molar refractivity (Wildman–Crippen MR) is 85.8 cm³/mol. The molecule has 0 aliphatic carbocycles. The number of amides is 1. The van der Waals surface area contributed by atoms with Gasteiger partial charge in [0.1, 0.15) is 9.88 Å². The first-order valence-corrected chi connectivity index (χ1v) is 8.35. The summed E-state index contributed by atoms with van der Waals surface area (Å²) in [5, 5.41) is 2.54. The fourth-order valence-corrected chi connectivity index (χ4v) is 3.40. The molecule has 1 atom stereocenters. The fraction of sp³-hybridized carbons (Fsp3) is 0.333. The molecule has 0 saturated carbocycles. The third kappa shape index (κ3) is 4.63. The van der Waals surface area contributed by atoms with Crippen molar-refractivity contribution in [2.45, 2.75) is 24.8 Å². The molecule has 21 heavy (non-hydrogen) atoms. The highest BCUT2D eigenvalue weighted by Crippen LogP contribution is 2.22. The van der Waals surface area contributed by atoms with Gasteiger partial charge in [0.25, 0.3) is 0 Å². The Morgan fingerprint density at radius 3 is 2.62 bits per heavy atom. The molecular weight excluding hydrogens is 334 g/mol. The Balaban J connectivity index is 3.11. The molecule has 1 aromatic carbocycles. The molecule has 0 spiro atoms. The summed E-state index contributed by atoms with van der Waals surface area (Å²) in [6.07, 6.45) is 0.